The van der Waals surface area contributed by atoms with Crippen molar-refractivity contribution >= 4 is 23.9 Å². The number of nitrogens with one attached hydrogen (secondary N) is 2. The molecule has 2 N–H and O–H groups in total. The van der Waals surface area contributed by atoms with Gasteiger partial charge in [0.05, 0.1) is 24.5 Å². The topological polar surface area (TPSA) is 145 Å². The van der Waals surface area contributed by atoms with Crippen LogP contribution in [0.1, 0.15) is 84.4 Å². The van der Waals surface area contributed by atoms with E-state index in [-0.39, 0.29) is 37.4 Å². The molecule has 2 fully saturated rings. The van der Waals surface area contributed by atoms with Gasteiger partial charge in [0.1, 0.15) is 23.2 Å². The number of fused-ring (bicyclic) bond motifs is 2. The Morgan fingerprint density at radius 1 is 1.23 bits per heavy atom. The summed E-state index contributed by atoms with van der Waals surface area (Å²) in [4.78, 5) is 56.6. The van der Waals surface area contributed by atoms with E-state index in [1.807, 2.05) is 19.1 Å². The number of rotatable bonds is 4. The Hall–Kier alpha value is -3.44. The largest absolute Gasteiger partial charge is 0.464 e. The third-order valence-corrected chi connectivity index (χ3v) is 7.54. The van der Waals surface area contributed by atoms with Crippen LogP contribution < -0.4 is 10.6 Å². The molecule has 2 aliphatic heterocycles. The molecular formula is C28H42N6O6. The van der Waals surface area contributed by atoms with E-state index >= 15 is 0 Å². The fraction of sp³-hybridized carbons (Fsp3) is 0.714. The maximum atomic E-state index is 14.0. The van der Waals surface area contributed by atoms with Gasteiger partial charge in [-0.3, -0.25) is 9.59 Å². The second-order valence-corrected chi connectivity index (χ2v) is 12.0. The summed E-state index contributed by atoms with van der Waals surface area (Å²) in [7, 11) is 0. The third kappa shape index (κ3) is 6.82. The smallest absolute Gasteiger partial charge is 0.408 e. The van der Waals surface area contributed by atoms with Crippen molar-refractivity contribution in [2.24, 2.45) is 5.92 Å². The number of ether oxygens (including phenoxy) is 2. The molecule has 1 aliphatic carbocycles. The second-order valence-electron chi connectivity index (χ2n) is 12.0. The van der Waals surface area contributed by atoms with E-state index in [1.165, 1.54) is 9.70 Å². The first-order valence-electron chi connectivity index (χ1n) is 14.3. The van der Waals surface area contributed by atoms with Crippen molar-refractivity contribution < 1.29 is 28.7 Å². The molecule has 0 aromatic carbocycles. The maximum Gasteiger partial charge on any atom is 0.408 e. The highest BCUT2D eigenvalue weighted by molar-refractivity contribution is 5.96. The van der Waals surface area contributed by atoms with Crippen molar-refractivity contribution in [2.45, 2.75) is 109 Å². The lowest BCUT2D eigenvalue weighted by atomic mass is 10.0. The highest BCUT2D eigenvalue weighted by Gasteiger charge is 2.62. The van der Waals surface area contributed by atoms with E-state index in [2.05, 4.69) is 20.8 Å². The Labute approximate surface area is 235 Å². The average Bonchev–Trinajstić information content (AvgIpc) is 3.17. The Kier molecular flexibility index (Phi) is 8.84. The number of esters is 1. The predicted molar refractivity (Wildman–Crippen MR) is 145 cm³/mol. The summed E-state index contributed by atoms with van der Waals surface area (Å²) in [6.45, 7) is 9.21. The van der Waals surface area contributed by atoms with Crippen LogP contribution in [0.2, 0.25) is 0 Å². The number of nitrogens with zero attached hydrogens (tertiary/aromatic N) is 4. The minimum atomic E-state index is -1.15. The normalized spacial score (nSPS) is 30.2. The lowest BCUT2D eigenvalue weighted by Gasteiger charge is -2.30. The van der Waals surface area contributed by atoms with Crippen molar-refractivity contribution in [3.8, 4) is 0 Å². The molecule has 1 aromatic heterocycles. The molecule has 3 amide bonds. The van der Waals surface area contributed by atoms with E-state index in [1.54, 1.807) is 33.9 Å². The number of carbonyl (C=O) groups excluding carboxylic acids is 4. The molecular weight excluding hydrogens is 516 g/mol. The first kappa shape index (κ1) is 29.5. The molecule has 220 valence electrons. The van der Waals surface area contributed by atoms with Crippen molar-refractivity contribution in [1.29, 1.82) is 0 Å². The van der Waals surface area contributed by atoms with Gasteiger partial charge in [-0.15, -0.1) is 0 Å². The minimum Gasteiger partial charge on any atom is -0.464 e. The van der Waals surface area contributed by atoms with Crippen molar-refractivity contribution in [1.82, 2.24) is 30.5 Å². The van der Waals surface area contributed by atoms with E-state index in [4.69, 9.17) is 9.47 Å². The van der Waals surface area contributed by atoms with E-state index in [0.717, 1.165) is 25.0 Å². The molecule has 40 heavy (non-hydrogen) atoms. The lowest BCUT2D eigenvalue weighted by molar-refractivity contribution is -0.150. The van der Waals surface area contributed by atoms with Crippen LogP contribution in [-0.2, 0) is 23.9 Å². The van der Waals surface area contributed by atoms with Gasteiger partial charge < -0.3 is 25.0 Å². The number of allylic oxidation sites excluding steroid dienone is 1. The Morgan fingerprint density at radius 2 is 2.00 bits per heavy atom. The van der Waals surface area contributed by atoms with Gasteiger partial charge in [-0.2, -0.15) is 15.0 Å². The second kappa shape index (κ2) is 12.0. The first-order chi connectivity index (χ1) is 18.9. The Morgan fingerprint density at radius 3 is 2.67 bits per heavy atom. The molecule has 1 saturated carbocycles. The number of aryl methyl sites for hydroxylation is 1. The number of hydrogen-bond donors (Lipinski definition) is 2. The van der Waals surface area contributed by atoms with Crippen LogP contribution in [0.15, 0.2) is 18.3 Å². The molecule has 0 unspecified atom stereocenters. The van der Waals surface area contributed by atoms with Gasteiger partial charge in [0.15, 0.2) is 0 Å². The molecule has 1 aromatic rings. The minimum absolute atomic E-state index is 0.168. The molecule has 0 spiro atoms. The predicted octanol–water partition coefficient (Wildman–Crippen LogP) is 2.58. The third-order valence-electron chi connectivity index (χ3n) is 7.54. The highest BCUT2D eigenvalue weighted by atomic mass is 16.6. The van der Waals surface area contributed by atoms with E-state index in [0.29, 0.717) is 19.3 Å². The molecule has 0 bridgehead atoms. The molecule has 12 nitrogen and oxygen atoms in total. The summed E-state index contributed by atoms with van der Waals surface area (Å²) in [5, 5.41) is 14.4. The SMILES string of the molecule is CCOC(=O)[C@@]12C[C@H]1/C=C\CCCCC[C@H](NC(=O)OC(C)(C)C)C(=O)N1C[C@H](n3ncc(C)n3)C[C@H]1C(=O)N2. The standard InChI is InChI=1S/C28H42N6O6/c1-6-39-25(37)28-15-19(28)12-10-8-7-9-11-13-21(30-26(38)40-27(3,4)5)24(36)33-17-20(14-22(33)23(35)31-28)34-29-16-18(2)32-34/h10,12,16,19-22H,6-9,11,13-15,17H2,1-5H3,(H,30,38)(H,31,35)/b12-10-/t19-,20-,21+,22+,28-/m1/s1. The van der Waals surface area contributed by atoms with Gasteiger partial charge in [0, 0.05) is 18.9 Å². The summed E-state index contributed by atoms with van der Waals surface area (Å²) < 4.78 is 10.8. The highest BCUT2D eigenvalue weighted by Crippen LogP contribution is 2.46. The fourth-order valence-corrected chi connectivity index (χ4v) is 5.47. The van der Waals surface area contributed by atoms with Crippen LogP contribution >= 0.6 is 0 Å². The number of amides is 3. The Balaban J connectivity index is 1.64. The maximum absolute atomic E-state index is 14.0. The molecule has 12 heteroatoms. The molecule has 5 atom stereocenters. The molecule has 3 heterocycles. The van der Waals surface area contributed by atoms with Gasteiger partial charge >= 0.3 is 12.1 Å². The lowest BCUT2D eigenvalue weighted by Crippen LogP contribution is -2.56. The molecule has 0 radical (unpaired) electrons. The van der Waals surface area contributed by atoms with Crippen molar-refractivity contribution in [2.75, 3.05) is 13.2 Å². The molecule has 3 aliphatic rings. The molecule has 1 saturated heterocycles. The van der Waals surface area contributed by atoms with E-state index < -0.39 is 41.2 Å². The summed E-state index contributed by atoms with van der Waals surface area (Å²) in [5.41, 5.74) is -1.16. The van der Waals surface area contributed by atoms with Gasteiger partial charge in [0.2, 0.25) is 11.8 Å². The average molecular weight is 559 g/mol. The van der Waals surface area contributed by atoms with Crippen LogP contribution in [0.5, 0.6) is 0 Å². The van der Waals surface area contributed by atoms with Gasteiger partial charge in [0.25, 0.3) is 0 Å². The van der Waals surface area contributed by atoms with E-state index in [9.17, 15) is 19.2 Å². The van der Waals surface area contributed by atoms with Crippen LogP contribution in [-0.4, -0.2) is 80.1 Å². The quantitative estimate of drug-likeness (QED) is 0.424. The number of aromatic nitrogens is 3. The number of hydrogen-bond acceptors (Lipinski definition) is 8. The summed E-state index contributed by atoms with van der Waals surface area (Å²) in [5.74, 6) is -1.44. The summed E-state index contributed by atoms with van der Waals surface area (Å²) >= 11 is 0. The number of carbonyl (C=O) groups is 4. The first-order valence-corrected chi connectivity index (χ1v) is 14.3. The monoisotopic (exact) mass is 558 g/mol. The van der Waals surface area contributed by atoms with Crippen LogP contribution in [0.25, 0.3) is 0 Å². The van der Waals surface area contributed by atoms with Crippen LogP contribution in [0.4, 0.5) is 4.79 Å². The molecule has 4 rings (SSSR count). The van der Waals surface area contributed by atoms with Gasteiger partial charge in [-0.05, 0) is 60.3 Å². The van der Waals surface area contributed by atoms with Crippen molar-refractivity contribution in [3.05, 3.63) is 24.0 Å². The van der Waals surface area contributed by atoms with Gasteiger partial charge in [-0.1, -0.05) is 25.0 Å². The zero-order valence-corrected chi connectivity index (χ0v) is 24.1. The zero-order valence-electron chi connectivity index (χ0n) is 24.1. The Bertz CT molecular complexity index is 1140. The summed E-state index contributed by atoms with van der Waals surface area (Å²) in [6.07, 6.45) is 9.38. The van der Waals surface area contributed by atoms with Crippen LogP contribution in [0, 0.1) is 12.8 Å². The van der Waals surface area contributed by atoms with Gasteiger partial charge in [-0.25, -0.2) is 9.59 Å². The summed E-state index contributed by atoms with van der Waals surface area (Å²) in [6, 6.07) is -2.10. The van der Waals surface area contributed by atoms with Crippen LogP contribution in [0.3, 0.4) is 0 Å². The number of alkyl carbamates (subject to hydrolysis) is 1. The fourth-order valence-electron chi connectivity index (χ4n) is 5.47. The zero-order chi connectivity index (χ0) is 29.1. The van der Waals surface area contributed by atoms with Crippen molar-refractivity contribution in [3.63, 3.8) is 0 Å².